The Morgan fingerprint density at radius 1 is 1.00 bits per heavy atom. The van der Waals surface area contributed by atoms with E-state index >= 15 is 0 Å². The van der Waals surface area contributed by atoms with E-state index in [1.165, 1.54) is 6.07 Å². The Morgan fingerprint density at radius 2 is 1.54 bits per heavy atom. The van der Waals surface area contributed by atoms with E-state index in [0.717, 1.165) is 25.7 Å². The number of nitrogens with zero attached hydrogens (tertiary/aromatic N) is 5. The summed E-state index contributed by atoms with van der Waals surface area (Å²) in [5.74, 6) is -0.750. The predicted octanol–water partition coefficient (Wildman–Crippen LogP) is 1.00. The second-order valence-corrected chi connectivity index (χ2v) is 5.50. The fourth-order valence-corrected chi connectivity index (χ4v) is 2.17. The SMILES string of the molecule is CCCCN=c1[cH+]c(=NCCCC)c(=O)c(C(C#N)=C(C#N)C#N)c1[O-]. The topological polar surface area (TPSA) is 136 Å². The zero-order valence-electron chi connectivity index (χ0n) is 14.9. The molecule has 0 atom stereocenters. The lowest BCUT2D eigenvalue weighted by Crippen LogP contribution is -2.35. The van der Waals surface area contributed by atoms with Crippen LogP contribution in [0.25, 0.3) is 5.57 Å². The van der Waals surface area contributed by atoms with E-state index in [1.54, 1.807) is 18.2 Å². The molecule has 132 valence electrons. The molecule has 0 heterocycles. The Morgan fingerprint density at radius 3 is 2.00 bits per heavy atom. The minimum atomic E-state index is -0.750. The van der Waals surface area contributed by atoms with Gasteiger partial charge in [0, 0.05) is 13.1 Å². The molecule has 0 unspecified atom stereocenters. The molecule has 0 aromatic heterocycles. The molecular formula is C19H19N5O2. The molecule has 7 nitrogen and oxygen atoms in total. The van der Waals surface area contributed by atoms with E-state index in [0.29, 0.717) is 13.1 Å². The molecule has 1 rings (SSSR count). The molecule has 0 aliphatic heterocycles. The van der Waals surface area contributed by atoms with Crippen molar-refractivity contribution in [2.24, 2.45) is 9.98 Å². The van der Waals surface area contributed by atoms with E-state index in [-0.39, 0.29) is 10.7 Å². The van der Waals surface area contributed by atoms with Crippen molar-refractivity contribution in [1.29, 1.82) is 15.8 Å². The van der Waals surface area contributed by atoms with Gasteiger partial charge in [0.15, 0.2) is 16.5 Å². The van der Waals surface area contributed by atoms with Gasteiger partial charge in [-0.3, -0.25) is 9.98 Å². The highest BCUT2D eigenvalue weighted by Crippen LogP contribution is 2.18. The van der Waals surface area contributed by atoms with Crippen LogP contribution in [0.2, 0.25) is 0 Å². The lowest BCUT2D eigenvalue weighted by molar-refractivity contribution is -0.270. The molecule has 0 saturated heterocycles. The van der Waals surface area contributed by atoms with Gasteiger partial charge in [-0.15, -0.1) is 0 Å². The average Bonchev–Trinajstić information content (AvgIpc) is 2.64. The summed E-state index contributed by atoms with van der Waals surface area (Å²) in [5.41, 5.74) is -2.35. The summed E-state index contributed by atoms with van der Waals surface area (Å²) in [6.45, 7) is 4.75. The molecular weight excluding hydrogens is 330 g/mol. The van der Waals surface area contributed by atoms with Crippen molar-refractivity contribution in [3.05, 3.63) is 38.1 Å². The van der Waals surface area contributed by atoms with Crippen LogP contribution in [0.1, 0.15) is 45.1 Å². The monoisotopic (exact) mass is 349 g/mol. The van der Waals surface area contributed by atoms with Gasteiger partial charge in [0.25, 0.3) is 0 Å². The highest BCUT2D eigenvalue weighted by molar-refractivity contribution is 5.86. The van der Waals surface area contributed by atoms with Gasteiger partial charge in [-0.25, -0.2) is 4.79 Å². The van der Waals surface area contributed by atoms with E-state index < -0.39 is 27.9 Å². The lowest BCUT2D eigenvalue weighted by atomic mass is 10.00. The highest BCUT2D eigenvalue weighted by atomic mass is 16.3. The van der Waals surface area contributed by atoms with E-state index in [9.17, 15) is 15.2 Å². The molecule has 0 radical (unpaired) electrons. The van der Waals surface area contributed by atoms with Gasteiger partial charge in [-0.1, -0.05) is 26.7 Å². The maximum atomic E-state index is 12.7. The van der Waals surface area contributed by atoms with Crippen molar-refractivity contribution in [1.82, 2.24) is 0 Å². The quantitative estimate of drug-likeness (QED) is 0.411. The third kappa shape index (κ3) is 4.82. The van der Waals surface area contributed by atoms with Gasteiger partial charge in [-0.05, 0) is 12.8 Å². The summed E-state index contributed by atoms with van der Waals surface area (Å²) in [6, 6.07) is 6.08. The fraction of sp³-hybridized carbons (Fsp3) is 0.421. The molecule has 0 fully saturated rings. The minimum Gasteiger partial charge on any atom is -0.812 e. The number of unbranched alkanes of at least 4 members (excludes halogenated alkanes) is 2. The largest absolute Gasteiger partial charge is 0.812 e. The summed E-state index contributed by atoms with van der Waals surface area (Å²) in [6.07, 6.45) is 3.29. The number of hydrogen-bond acceptors (Lipinski definition) is 7. The highest BCUT2D eigenvalue weighted by Gasteiger charge is 2.22. The standard InChI is InChI=1S/C19H19N5O2/c1-3-5-7-23-15-9-16(24-8-6-4-2)19(26)17(18(15)25)14(12-22)13(10-20)11-21/h9H,3-8H2,1-2H3. The summed E-state index contributed by atoms with van der Waals surface area (Å²) in [5, 5.41) is 40.1. The van der Waals surface area contributed by atoms with Gasteiger partial charge < -0.3 is 5.11 Å². The summed E-state index contributed by atoms with van der Waals surface area (Å²) < 4.78 is 0. The molecule has 0 saturated carbocycles. The molecule has 7 heteroatoms. The first-order valence-corrected chi connectivity index (χ1v) is 8.40. The van der Waals surface area contributed by atoms with Crippen LogP contribution in [-0.4, -0.2) is 13.1 Å². The maximum absolute atomic E-state index is 12.7. The molecule has 0 aliphatic carbocycles. The normalized spacial score (nSPS) is 11.5. The molecule has 26 heavy (non-hydrogen) atoms. The Hall–Kier alpha value is -3.37. The zero-order valence-corrected chi connectivity index (χ0v) is 14.9. The van der Waals surface area contributed by atoms with Crippen LogP contribution in [0.3, 0.4) is 0 Å². The van der Waals surface area contributed by atoms with Crippen LogP contribution in [0, 0.1) is 34.0 Å². The lowest BCUT2D eigenvalue weighted by Gasteiger charge is -2.04. The smallest absolute Gasteiger partial charge is 0.321 e. The Balaban J connectivity index is 3.88. The Bertz CT molecular complexity index is 965. The van der Waals surface area contributed by atoms with Crippen molar-refractivity contribution in [2.75, 3.05) is 13.1 Å². The van der Waals surface area contributed by atoms with Crippen molar-refractivity contribution < 1.29 is 5.11 Å². The first kappa shape index (κ1) is 20.7. The summed E-state index contributed by atoms with van der Waals surface area (Å²) >= 11 is 0. The van der Waals surface area contributed by atoms with Gasteiger partial charge in [0.2, 0.25) is 5.36 Å². The third-order valence-corrected chi connectivity index (χ3v) is 3.62. The predicted molar refractivity (Wildman–Crippen MR) is 93.4 cm³/mol. The van der Waals surface area contributed by atoms with E-state index in [4.69, 9.17) is 10.5 Å². The van der Waals surface area contributed by atoms with Crippen LogP contribution in [-0.2, 0) is 0 Å². The van der Waals surface area contributed by atoms with Crippen LogP contribution in [0.15, 0.2) is 26.4 Å². The molecule has 0 aliphatic rings. The van der Waals surface area contributed by atoms with Gasteiger partial charge in [0.1, 0.15) is 23.8 Å². The van der Waals surface area contributed by atoms with Gasteiger partial charge >= 0.3 is 5.43 Å². The number of hydrogen-bond donors (Lipinski definition) is 0. The van der Waals surface area contributed by atoms with Crippen molar-refractivity contribution >= 4 is 5.57 Å². The summed E-state index contributed by atoms with van der Waals surface area (Å²) in [7, 11) is 0. The van der Waals surface area contributed by atoms with Gasteiger partial charge in [-0.2, -0.15) is 15.8 Å². The third-order valence-electron chi connectivity index (χ3n) is 3.62. The fourth-order valence-electron chi connectivity index (χ4n) is 2.17. The molecule has 0 N–H and O–H groups in total. The van der Waals surface area contributed by atoms with Crippen molar-refractivity contribution in [3.63, 3.8) is 0 Å². The van der Waals surface area contributed by atoms with Crippen molar-refractivity contribution in [2.45, 2.75) is 39.5 Å². The van der Waals surface area contributed by atoms with Gasteiger partial charge in [0.05, 0.1) is 11.8 Å². The number of allylic oxidation sites excluding steroid dienone is 2. The number of benzene rings is 1. The first-order valence-electron chi connectivity index (χ1n) is 8.40. The molecule has 0 spiro atoms. The molecule has 1 aromatic rings. The van der Waals surface area contributed by atoms with Crippen LogP contribution in [0.4, 0.5) is 0 Å². The van der Waals surface area contributed by atoms with Crippen LogP contribution in [0.5, 0.6) is 5.75 Å². The molecule has 1 aromatic carbocycles. The minimum absolute atomic E-state index is 0.0197. The van der Waals surface area contributed by atoms with E-state index in [1.807, 2.05) is 13.8 Å². The summed E-state index contributed by atoms with van der Waals surface area (Å²) in [4.78, 5) is 21.1. The average molecular weight is 349 g/mol. The first-order chi connectivity index (χ1) is 12.5. The second kappa shape index (κ2) is 10.5. The second-order valence-electron chi connectivity index (χ2n) is 5.50. The molecule has 0 bridgehead atoms. The van der Waals surface area contributed by atoms with E-state index in [2.05, 4.69) is 9.98 Å². The number of rotatable bonds is 7. The zero-order chi connectivity index (χ0) is 19.5. The maximum Gasteiger partial charge on any atom is 0.321 e. The van der Waals surface area contributed by atoms with Crippen molar-refractivity contribution in [3.8, 4) is 24.0 Å². The van der Waals surface area contributed by atoms with Crippen LogP contribution >= 0.6 is 0 Å². The Labute approximate surface area is 151 Å². The number of nitriles is 3. The molecule has 0 amide bonds. The van der Waals surface area contributed by atoms with Crippen LogP contribution < -0.4 is 21.2 Å². The Kier molecular flexibility index (Phi) is 8.34.